The first-order chi connectivity index (χ1) is 15.1. The van der Waals surface area contributed by atoms with Crippen molar-refractivity contribution in [3.05, 3.63) is 65.5 Å². The Labute approximate surface area is 193 Å². The van der Waals surface area contributed by atoms with Crippen molar-refractivity contribution in [2.75, 3.05) is 6.54 Å². The summed E-state index contributed by atoms with van der Waals surface area (Å²) in [5.41, 5.74) is 7.91. The van der Waals surface area contributed by atoms with Crippen LogP contribution in [-0.2, 0) is 6.42 Å². The first kappa shape index (κ1) is 28.6. The Morgan fingerprint density at radius 3 is 2.41 bits per heavy atom. The van der Waals surface area contributed by atoms with Crippen molar-refractivity contribution in [1.82, 2.24) is 5.32 Å². The third-order valence-corrected chi connectivity index (χ3v) is 6.00. The number of nitrogens with one attached hydrogen (secondary N) is 1. The second-order valence-electron chi connectivity index (χ2n) is 8.01. The smallest absolute Gasteiger partial charge is 0.245 e. The van der Waals surface area contributed by atoms with Gasteiger partial charge in [-0.25, -0.2) is 13.2 Å². The monoisotopic (exact) mass is 470 g/mol. The van der Waals surface area contributed by atoms with Gasteiger partial charge in [0.05, 0.1) is 6.10 Å². The van der Waals surface area contributed by atoms with Crippen molar-refractivity contribution < 1.29 is 18.3 Å². The highest BCUT2D eigenvalue weighted by molar-refractivity contribution is 7.27. The van der Waals surface area contributed by atoms with Gasteiger partial charge in [0.15, 0.2) is 0 Å². The maximum atomic E-state index is 13.6. The normalized spacial score (nSPS) is 18.5. The van der Waals surface area contributed by atoms with E-state index in [0.29, 0.717) is 12.0 Å². The van der Waals surface area contributed by atoms with Crippen LogP contribution in [0.4, 0.5) is 13.2 Å². The maximum Gasteiger partial charge on any atom is 0.245 e. The van der Waals surface area contributed by atoms with E-state index >= 15 is 0 Å². The van der Waals surface area contributed by atoms with E-state index in [2.05, 4.69) is 21.1 Å². The van der Waals surface area contributed by atoms with Crippen LogP contribution >= 0.6 is 9.24 Å². The summed E-state index contributed by atoms with van der Waals surface area (Å²) in [6.07, 6.45) is 3.89. The lowest BCUT2D eigenvalue weighted by Crippen LogP contribution is -2.47. The first-order valence-corrected chi connectivity index (χ1v) is 11.7. The van der Waals surface area contributed by atoms with E-state index in [1.165, 1.54) is 25.1 Å². The van der Waals surface area contributed by atoms with Gasteiger partial charge in [0.1, 0.15) is 5.82 Å². The Morgan fingerprint density at radius 1 is 1.31 bits per heavy atom. The van der Waals surface area contributed by atoms with Gasteiger partial charge in [-0.2, -0.15) is 0 Å². The number of aliphatic hydroxyl groups excluding tert-OH is 1. The van der Waals surface area contributed by atoms with E-state index in [1.54, 1.807) is 6.08 Å². The SMILES string of the molecule is C=C/C(=C\C(=C/C)C1(NCC(O)C(N)Cc2cc(F)cc(P)c2)CC1)C(C)C(F)F.CC. The van der Waals surface area contributed by atoms with Gasteiger partial charge < -0.3 is 16.2 Å². The number of rotatable bonds is 11. The number of benzene rings is 1. The number of β-amino-alcohol motifs (C(OH)–C–C–N with tert-alkyl or cyclic N) is 1. The van der Waals surface area contributed by atoms with Gasteiger partial charge in [-0.05, 0) is 60.3 Å². The Morgan fingerprint density at radius 2 is 1.94 bits per heavy atom. The van der Waals surface area contributed by atoms with Gasteiger partial charge >= 0.3 is 0 Å². The standard InChI is InChI=1S/C23H32F3N2OP.C2H6/c1-4-16(14(3)22(25)26)11-17(5-2)23(6-7-23)28-13-21(29)20(27)10-15-8-18(24)12-19(30)9-15;1-2/h4-5,8-9,11-12,14,20-22,28-29H,1,6-7,10,13,27,30H2,2-3H3;1-2H3/b16-11+,17-5+;. The molecule has 1 saturated carbocycles. The minimum Gasteiger partial charge on any atom is -0.390 e. The quantitative estimate of drug-likeness (QED) is 0.326. The zero-order valence-corrected chi connectivity index (χ0v) is 20.7. The van der Waals surface area contributed by atoms with Crippen molar-refractivity contribution >= 4 is 14.5 Å². The largest absolute Gasteiger partial charge is 0.390 e. The molecule has 180 valence electrons. The molecular weight excluding hydrogens is 432 g/mol. The van der Waals surface area contributed by atoms with Crippen LogP contribution in [0.25, 0.3) is 0 Å². The van der Waals surface area contributed by atoms with Crippen LogP contribution in [0, 0.1) is 11.7 Å². The van der Waals surface area contributed by atoms with Gasteiger partial charge in [0.2, 0.25) is 6.43 Å². The summed E-state index contributed by atoms with van der Waals surface area (Å²) in [6.45, 7) is 11.3. The molecule has 1 fully saturated rings. The molecule has 0 amide bonds. The summed E-state index contributed by atoms with van der Waals surface area (Å²) in [6, 6.07) is 4.08. The Hall–Kier alpha value is -1.46. The molecule has 1 aromatic rings. The van der Waals surface area contributed by atoms with Crippen molar-refractivity contribution in [3.8, 4) is 0 Å². The third kappa shape index (κ3) is 8.15. The summed E-state index contributed by atoms with van der Waals surface area (Å²) < 4.78 is 39.8. The van der Waals surface area contributed by atoms with Gasteiger partial charge in [0, 0.05) is 24.0 Å². The molecule has 0 heterocycles. The highest BCUT2D eigenvalue weighted by atomic mass is 31.0. The highest BCUT2D eigenvalue weighted by Crippen LogP contribution is 2.43. The van der Waals surface area contributed by atoms with E-state index < -0.39 is 24.5 Å². The molecule has 0 saturated heterocycles. The Bertz CT molecular complexity index is 786. The number of hydrogen-bond donors (Lipinski definition) is 3. The summed E-state index contributed by atoms with van der Waals surface area (Å²) in [5.74, 6) is -1.24. The third-order valence-electron chi connectivity index (χ3n) is 5.67. The molecule has 0 aliphatic heterocycles. The zero-order chi connectivity index (χ0) is 24.5. The maximum absolute atomic E-state index is 13.6. The lowest BCUT2D eigenvalue weighted by molar-refractivity contribution is 0.105. The fraction of sp³-hybridized carbons (Fsp3) is 0.520. The summed E-state index contributed by atoms with van der Waals surface area (Å²) in [5, 5.41) is 14.6. The van der Waals surface area contributed by atoms with E-state index in [0.717, 1.165) is 29.3 Å². The molecule has 32 heavy (non-hydrogen) atoms. The van der Waals surface area contributed by atoms with E-state index in [1.807, 2.05) is 32.9 Å². The fourth-order valence-electron chi connectivity index (χ4n) is 3.54. The van der Waals surface area contributed by atoms with Crippen LogP contribution in [-0.4, -0.2) is 35.8 Å². The van der Waals surface area contributed by atoms with Gasteiger partial charge in [0.25, 0.3) is 0 Å². The average Bonchev–Trinajstić information content (AvgIpc) is 3.54. The van der Waals surface area contributed by atoms with Crippen LogP contribution in [0.15, 0.2) is 54.2 Å². The molecule has 1 aliphatic rings. The van der Waals surface area contributed by atoms with Crippen LogP contribution in [0.1, 0.15) is 46.1 Å². The molecule has 0 aromatic heterocycles. The van der Waals surface area contributed by atoms with Crippen LogP contribution < -0.4 is 16.4 Å². The molecular formula is C25H38F3N2OP. The molecule has 1 aliphatic carbocycles. The van der Waals surface area contributed by atoms with Gasteiger partial charge in [-0.3, -0.25) is 0 Å². The van der Waals surface area contributed by atoms with Crippen molar-refractivity contribution in [2.45, 2.75) is 71.1 Å². The van der Waals surface area contributed by atoms with Crippen molar-refractivity contribution in [1.29, 1.82) is 0 Å². The second kappa shape index (κ2) is 13.3. The molecule has 0 bridgehead atoms. The van der Waals surface area contributed by atoms with E-state index in [-0.39, 0.29) is 17.9 Å². The topological polar surface area (TPSA) is 58.3 Å². The van der Waals surface area contributed by atoms with Crippen LogP contribution in [0.3, 0.4) is 0 Å². The van der Waals surface area contributed by atoms with E-state index in [9.17, 15) is 18.3 Å². The molecule has 7 heteroatoms. The molecule has 1 aromatic carbocycles. The predicted octanol–water partition coefficient (Wildman–Crippen LogP) is 4.67. The van der Waals surface area contributed by atoms with Crippen LogP contribution in [0.2, 0.25) is 0 Å². The van der Waals surface area contributed by atoms with Crippen molar-refractivity contribution in [2.24, 2.45) is 11.7 Å². The molecule has 3 nitrogen and oxygen atoms in total. The number of halogens is 3. The fourth-order valence-corrected chi connectivity index (χ4v) is 3.92. The number of allylic oxidation sites excluding steroid dienone is 3. The average molecular weight is 471 g/mol. The second-order valence-corrected chi connectivity index (χ2v) is 8.67. The van der Waals surface area contributed by atoms with E-state index in [4.69, 9.17) is 5.73 Å². The Kier molecular flexibility index (Phi) is 11.9. The first-order valence-electron chi connectivity index (χ1n) is 11.1. The number of alkyl halides is 2. The number of hydrogen-bond acceptors (Lipinski definition) is 3. The highest BCUT2D eigenvalue weighted by Gasteiger charge is 2.45. The predicted molar refractivity (Wildman–Crippen MR) is 132 cm³/mol. The van der Waals surface area contributed by atoms with Gasteiger partial charge in [-0.15, -0.1) is 9.24 Å². The van der Waals surface area contributed by atoms with Crippen LogP contribution in [0.5, 0.6) is 0 Å². The molecule has 2 rings (SSSR count). The molecule has 4 N–H and O–H groups in total. The lowest BCUT2D eigenvalue weighted by Gasteiger charge is -2.25. The molecule has 0 spiro atoms. The summed E-state index contributed by atoms with van der Waals surface area (Å²) in [7, 11) is 2.45. The van der Waals surface area contributed by atoms with Crippen molar-refractivity contribution in [3.63, 3.8) is 0 Å². The number of nitrogens with two attached hydrogens (primary N) is 1. The lowest BCUT2D eigenvalue weighted by atomic mass is 9.94. The molecule has 0 radical (unpaired) electrons. The zero-order valence-electron chi connectivity index (χ0n) is 19.5. The minimum absolute atomic E-state index is 0.253. The molecule has 4 atom stereocenters. The molecule has 4 unspecified atom stereocenters. The number of aliphatic hydroxyl groups is 1. The minimum atomic E-state index is -2.46. The Balaban J connectivity index is 0.00000249. The van der Waals surface area contributed by atoms with Gasteiger partial charge in [-0.1, -0.05) is 51.6 Å². The summed E-state index contributed by atoms with van der Waals surface area (Å²) >= 11 is 0. The summed E-state index contributed by atoms with van der Waals surface area (Å²) in [4.78, 5) is 0.